The van der Waals surface area contributed by atoms with E-state index in [4.69, 9.17) is 4.42 Å². The molecule has 0 saturated heterocycles. The van der Waals surface area contributed by atoms with Gasteiger partial charge in [0.15, 0.2) is 0 Å². The third-order valence-electron chi connectivity index (χ3n) is 4.54. The van der Waals surface area contributed by atoms with Crippen LogP contribution < -0.4 is 5.43 Å². The van der Waals surface area contributed by atoms with Crippen LogP contribution in [0.2, 0.25) is 0 Å². The highest BCUT2D eigenvalue weighted by Gasteiger charge is 2.21. The van der Waals surface area contributed by atoms with E-state index in [1.165, 1.54) is 6.26 Å². The first-order valence-corrected chi connectivity index (χ1v) is 8.95. The molecule has 4 aromatic rings. The van der Waals surface area contributed by atoms with E-state index in [1.807, 2.05) is 42.5 Å². The Morgan fingerprint density at radius 3 is 2.25 bits per heavy atom. The van der Waals surface area contributed by atoms with E-state index in [0.29, 0.717) is 24.1 Å². The molecule has 0 aliphatic heterocycles. The van der Waals surface area contributed by atoms with Crippen molar-refractivity contribution in [2.24, 2.45) is 0 Å². The van der Waals surface area contributed by atoms with Crippen LogP contribution in [0.15, 0.2) is 94.6 Å². The second-order valence-electron chi connectivity index (χ2n) is 6.48. The number of fused-ring (bicyclic) bond motifs is 1. The molecular formula is C23H18N2O3. The molecule has 0 unspecified atom stereocenters. The van der Waals surface area contributed by atoms with Gasteiger partial charge >= 0.3 is 0 Å². The van der Waals surface area contributed by atoms with Gasteiger partial charge in [0.05, 0.1) is 5.39 Å². The van der Waals surface area contributed by atoms with Gasteiger partial charge < -0.3 is 9.32 Å². The highest BCUT2D eigenvalue weighted by Crippen LogP contribution is 2.15. The van der Waals surface area contributed by atoms with E-state index in [2.05, 4.69) is 4.98 Å². The van der Waals surface area contributed by atoms with E-state index in [9.17, 15) is 9.59 Å². The number of nitrogens with zero attached hydrogens (tertiary/aromatic N) is 2. The summed E-state index contributed by atoms with van der Waals surface area (Å²) in [5, 5.41) is 0.400. The van der Waals surface area contributed by atoms with Gasteiger partial charge in [0.1, 0.15) is 17.4 Å². The molecule has 5 nitrogen and oxygen atoms in total. The van der Waals surface area contributed by atoms with Crippen molar-refractivity contribution in [2.75, 3.05) is 0 Å². The number of rotatable bonds is 5. The molecule has 4 rings (SSSR count). The summed E-state index contributed by atoms with van der Waals surface area (Å²) in [7, 11) is 0. The van der Waals surface area contributed by atoms with Crippen LogP contribution in [0.5, 0.6) is 0 Å². The lowest BCUT2D eigenvalue weighted by Crippen LogP contribution is -2.33. The van der Waals surface area contributed by atoms with Gasteiger partial charge in [0.2, 0.25) is 5.43 Å². The maximum atomic E-state index is 13.3. The third-order valence-corrected chi connectivity index (χ3v) is 4.54. The minimum atomic E-state index is -0.361. The number of aromatic nitrogens is 1. The Kier molecular flexibility index (Phi) is 4.97. The smallest absolute Gasteiger partial charge is 0.261 e. The third kappa shape index (κ3) is 3.69. The van der Waals surface area contributed by atoms with Crippen molar-refractivity contribution in [3.8, 4) is 0 Å². The fourth-order valence-corrected chi connectivity index (χ4v) is 3.11. The summed E-state index contributed by atoms with van der Waals surface area (Å²) in [5.41, 5.74) is 2.09. The molecule has 28 heavy (non-hydrogen) atoms. The zero-order chi connectivity index (χ0) is 19.3. The summed E-state index contributed by atoms with van der Waals surface area (Å²) in [6, 6.07) is 20.3. The molecule has 0 radical (unpaired) electrons. The second kappa shape index (κ2) is 7.88. The van der Waals surface area contributed by atoms with Crippen LogP contribution in [-0.2, 0) is 13.1 Å². The fraction of sp³-hybridized carbons (Fsp3) is 0.0870. The minimum absolute atomic E-state index is 0.0312. The van der Waals surface area contributed by atoms with Crippen molar-refractivity contribution in [2.45, 2.75) is 13.1 Å². The lowest BCUT2D eigenvalue weighted by atomic mass is 10.1. The second-order valence-corrected chi connectivity index (χ2v) is 6.48. The van der Waals surface area contributed by atoms with Crippen LogP contribution in [0, 0.1) is 0 Å². The maximum absolute atomic E-state index is 13.3. The summed E-state index contributed by atoms with van der Waals surface area (Å²) in [4.78, 5) is 31.8. The lowest BCUT2D eigenvalue weighted by Gasteiger charge is -2.23. The Morgan fingerprint density at radius 1 is 0.857 bits per heavy atom. The SMILES string of the molecule is O=C(c1coc2ccccc2c1=O)N(Cc1ccccc1)Cc1ccncc1. The molecule has 2 aromatic heterocycles. The van der Waals surface area contributed by atoms with Gasteiger partial charge in [-0.05, 0) is 35.4 Å². The van der Waals surface area contributed by atoms with E-state index in [1.54, 1.807) is 41.6 Å². The number of pyridine rings is 1. The van der Waals surface area contributed by atoms with Crippen molar-refractivity contribution in [3.05, 3.63) is 112 Å². The fourth-order valence-electron chi connectivity index (χ4n) is 3.11. The van der Waals surface area contributed by atoms with Crippen molar-refractivity contribution in [3.63, 3.8) is 0 Å². The molecule has 0 atom stereocenters. The van der Waals surface area contributed by atoms with Gasteiger partial charge in [-0.15, -0.1) is 0 Å². The molecule has 138 valence electrons. The Hall–Kier alpha value is -3.73. The first kappa shape index (κ1) is 17.7. The van der Waals surface area contributed by atoms with Gasteiger partial charge in [-0.2, -0.15) is 0 Å². The van der Waals surface area contributed by atoms with Crippen LogP contribution >= 0.6 is 0 Å². The summed E-state index contributed by atoms with van der Waals surface area (Å²) in [5.74, 6) is -0.361. The first-order chi connectivity index (χ1) is 13.7. The van der Waals surface area contributed by atoms with Gasteiger partial charge in [-0.1, -0.05) is 42.5 Å². The highest BCUT2D eigenvalue weighted by molar-refractivity contribution is 5.96. The zero-order valence-electron chi connectivity index (χ0n) is 15.1. The molecule has 0 N–H and O–H groups in total. The quantitative estimate of drug-likeness (QED) is 0.532. The van der Waals surface area contributed by atoms with Crippen molar-refractivity contribution in [1.82, 2.24) is 9.88 Å². The molecule has 2 aromatic carbocycles. The van der Waals surface area contributed by atoms with Gasteiger partial charge in [-0.25, -0.2) is 0 Å². The number of benzene rings is 2. The molecule has 0 bridgehead atoms. The number of amides is 1. The number of carbonyl (C=O) groups is 1. The van der Waals surface area contributed by atoms with Crippen molar-refractivity contribution < 1.29 is 9.21 Å². The Labute approximate surface area is 161 Å². The minimum Gasteiger partial charge on any atom is -0.463 e. The predicted molar refractivity (Wildman–Crippen MR) is 107 cm³/mol. The maximum Gasteiger partial charge on any atom is 0.261 e. The van der Waals surface area contributed by atoms with Crippen LogP contribution in [-0.4, -0.2) is 15.8 Å². The van der Waals surface area contributed by atoms with E-state index >= 15 is 0 Å². The van der Waals surface area contributed by atoms with Crippen LogP contribution in [0.25, 0.3) is 11.0 Å². The van der Waals surface area contributed by atoms with Gasteiger partial charge in [-0.3, -0.25) is 14.6 Å². The molecule has 1 amide bonds. The van der Waals surface area contributed by atoms with Gasteiger partial charge in [0.25, 0.3) is 5.91 Å². The molecule has 0 saturated carbocycles. The van der Waals surface area contributed by atoms with E-state index in [-0.39, 0.29) is 16.9 Å². The molecule has 2 heterocycles. The monoisotopic (exact) mass is 370 g/mol. The predicted octanol–water partition coefficient (Wildman–Crippen LogP) is 4.03. The van der Waals surface area contributed by atoms with Gasteiger partial charge in [0, 0.05) is 25.5 Å². The van der Waals surface area contributed by atoms with Crippen molar-refractivity contribution in [1.29, 1.82) is 0 Å². The van der Waals surface area contributed by atoms with Crippen LogP contribution in [0.4, 0.5) is 0 Å². The molecule has 0 spiro atoms. The number of hydrogen-bond donors (Lipinski definition) is 0. The van der Waals surface area contributed by atoms with Crippen LogP contribution in [0.3, 0.4) is 0 Å². The normalized spacial score (nSPS) is 10.7. The first-order valence-electron chi connectivity index (χ1n) is 8.95. The summed E-state index contributed by atoms with van der Waals surface area (Å²) < 4.78 is 5.54. The Bertz CT molecular complexity index is 1110. The Balaban J connectivity index is 1.72. The number of hydrogen-bond acceptors (Lipinski definition) is 4. The van der Waals surface area contributed by atoms with E-state index < -0.39 is 0 Å². The summed E-state index contributed by atoms with van der Waals surface area (Å²) >= 11 is 0. The molecule has 0 aliphatic rings. The zero-order valence-corrected chi connectivity index (χ0v) is 15.1. The Morgan fingerprint density at radius 2 is 1.50 bits per heavy atom. The highest BCUT2D eigenvalue weighted by atomic mass is 16.3. The summed E-state index contributed by atoms with van der Waals surface area (Å²) in [6.07, 6.45) is 4.63. The average Bonchev–Trinajstić information content (AvgIpc) is 2.75. The van der Waals surface area contributed by atoms with E-state index in [0.717, 1.165) is 11.1 Å². The molecule has 5 heteroatoms. The van der Waals surface area contributed by atoms with Crippen molar-refractivity contribution >= 4 is 16.9 Å². The summed E-state index contributed by atoms with van der Waals surface area (Å²) in [6.45, 7) is 0.747. The molecule has 0 aliphatic carbocycles. The number of carbonyl (C=O) groups excluding carboxylic acids is 1. The largest absolute Gasteiger partial charge is 0.463 e. The number of para-hydroxylation sites is 1. The molecule has 0 fully saturated rings. The standard InChI is InChI=1S/C23H18N2O3/c26-22-19-8-4-5-9-21(19)28-16-20(22)23(27)25(14-17-6-2-1-3-7-17)15-18-10-12-24-13-11-18/h1-13,16H,14-15H2. The molecular weight excluding hydrogens is 352 g/mol. The topological polar surface area (TPSA) is 63.4 Å². The van der Waals surface area contributed by atoms with Crippen LogP contribution in [0.1, 0.15) is 21.5 Å². The lowest BCUT2D eigenvalue weighted by molar-refractivity contribution is 0.0726. The average molecular weight is 370 g/mol.